The number of aromatic carboxylic acids is 1. The number of rotatable bonds is 2. The van der Waals surface area contributed by atoms with Gasteiger partial charge in [-0.05, 0) is 6.07 Å². The number of benzene rings is 1. The Balaban J connectivity index is 2.87. The molecule has 4 nitrogen and oxygen atoms in total. The summed E-state index contributed by atoms with van der Waals surface area (Å²) >= 11 is 0. The summed E-state index contributed by atoms with van der Waals surface area (Å²) in [5.74, 6) is -1.30. The van der Waals surface area contributed by atoms with Crippen molar-refractivity contribution in [2.45, 2.75) is 0 Å². The van der Waals surface area contributed by atoms with Crippen LogP contribution in [0.15, 0.2) is 28.7 Å². The first-order valence-electron chi connectivity index (χ1n) is 3.94. The lowest BCUT2D eigenvalue weighted by molar-refractivity contribution is 0.0694. The molecule has 0 radical (unpaired) electrons. The van der Waals surface area contributed by atoms with E-state index in [1.807, 2.05) is 0 Å². The molecule has 0 unspecified atom stereocenters. The minimum Gasteiger partial charge on any atom is -0.478 e. The zero-order valence-electron chi connectivity index (χ0n) is 7.06. The number of carbonyl (C=O) groups excluding carboxylic acids is 1. The third-order valence-electron chi connectivity index (χ3n) is 1.94. The Bertz CT molecular complexity index is 510. The summed E-state index contributed by atoms with van der Waals surface area (Å²) in [5.41, 5.74) is 0.336. The van der Waals surface area contributed by atoms with E-state index >= 15 is 0 Å². The first kappa shape index (κ1) is 8.50. The van der Waals surface area contributed by atoms with Crippen LogP contribution < -0.4 is 0 Å². The fourth-order valence-electron chi connectivity index (χ4n) is 1.37. The van der Waals surface area contributed by atoms with Gasteiger partial charge < -0.3 is 9.52 Å². The maximum Gasteiger partial charge on any atom is 0.340 e. The Morgan fingerprint density at radius 3 is 2.71 bits per heavy atom. The van der Waals surface area contributed by atoms with Gasteiger partial charge in [0, 0.05) is 5.39 Å². The van der Waals surface area contributed by atoms with Crippen LogP contribution in [0.25, 0.3) is 11.0 Å². The lowest BCUT2D eigenvalue weighted by atomic mass is 10.1. The quantitative estimate of drug-likeness (QED) is 0.735. The minimum atomic E-state index is -1.16. The van der Waals surface area contributed by atoms with E-state index in [4.69, 9.17) is 9.52 Å². The summed E-state index contributed by atoms with van der Waals surface area (Å²) in [4.78, 5) is 21.4. The lowest BCUT2D eigenvalue weighted by Gasteiger charge is -1.88. The second-order valence-electron chi connectivity index (χ2n) is 2.76. The Hall–Kier alpha value is -2.10. The topological polar surface area (TPSA) is 67.5 Å². The molecule has 0 aliphatic heterocycles. The van der Waals surface area contributed by atoms with Crippen LogP contribution in [0.5, 0.6) is 0 Å². The van der Waals surface area contributed by atoms with Crippen LogP contribution in [-0.4, -0.2) is 17.4 Å². The predicted molar refractivity (Wildman–Crippen MR) is 48.6 cm³/mol. The van der Waals surface area contributed by atoms with Crippen molar-refractivity contribution in [2.24, 2.45) is 0 Å². The zero-order chi connectivity index (χ0) is 10.1. The number of fused-ring (bicyclic) bond motifs is 1. The predicted octanol–water partition coefficient (Wildman–Crippen LogP) is 1.94. The molecule has 70 valence electrons. The smallest absolute Gasteiger partial charge is 0.340 e. The highest BCUT2D eigenvalue weighted by Crippen LogP contribution is 2.24. The molecule has 1 N–H and O–H groups in total. The van der Waals surface area contributed by atoms with Crippen molar-refractivity contribution in [1.82, 2.24) is 0 Å². The third kappa shape index (κ3) is 1.08. The molecule has 0 aliphatic rings. The standard InChI is InChI=1S/C10H6O4/c11-5-8-9(10(12)13)6-3-1-2-4-7(6)14-8/h1-5H,(H,12,13). The molecule has 1 aromatic carbocycles. The summed E-state index contributed by atoms with van der Waals surface area (Å²) in [6, 6.07) is 6.63. The van der Waals surface area contributed by atoms with E-state index in [1.165, 1.54) is 0 Å². The normalized spacial score (nSPS) is 10.3. The number of aldehydes is 1. The summed E-state index contributed by atoms with van der Waals surface area (Å²) < 4.78 is 5.06. The molecule has 1 heterocycles. The molecule has 0 amide bonds. The lowest BCUT2D eigenvalue weighted by Crippen LogP contribution is -1.98. The highest BCUT2D eigenvalue weighted by atomic mass is 16.4. The second kappa shape index (κ2) is 2.99. The van der Waals surface area contributed by atoms with Gasteiger partial charge in [-0.2, -0.15) is 0 Å². The van der Waals surface area contributed by atoms with Gasteiger partial charge in [-0.15, -0.1) is 0 Å². The molecular weight excluding hydrogens is 184 g/mol. The molecular formula is C10H6O4. The number of furan rings is 1. The van der Waals surface area contributed by atoms with Crippen LogP contribution in [0.4, 0.5) is 0 Å². The Morgan fingerprint density at radius 2 is 2.07 bits per heavy atom. The van der Waals surface area contributed by atoms with Crippen molar-refractivity contribution in [3.05, 3.63) is 35.6 Å². The van der Waals surface area contributed by atoms with E-state index in [1.54, 1.807) is 24.3 Å². The second-order valence-corrected chi connectivity index (χ2v) is 2.76. The van der Waals surface area contributed by atoms with Gasteiger partial charge in [0.05, 0.1) is 0 Å². The highest BCUT2D eigenvalue weighted by molar-refractivity contribution is 6.07. The molecule has 2 rings (SSSR count). The molecule has 0 saturated carbocycles. The van der Waals surface area contributed by atoms with Crippen molar-refractivity contribution in [3.8, 4) is 0 Å². The summed E-state index contributed by atoms with van der Waals surface area (Å²) in [6.45, 7) is 0. The third-order valence-corrected chi connectivity index (χ3v) is 1.94. The van der Waals surface area contributed by atoms with Gasteiger partial charge >= 0.3 is 5.97 Å². The van der Waals surface area contributed by atoms with Crippen molar-refractivity contribution >= 4 is 23.2 Å². The van der Waals surface area contributed by atoms with Gasteiger partial charge in [-0.3, -0.25) is 4.79 Å². The van der Waals surface area contributed by atoms with Crippen molar-refractivity contribution in [1.29, 1.82) is 0 Å². The molecule has 0 spiro atoms. The van der Waals surface area contributed by atoms with Crippen LogP contribution >= 0.6 is 0 Å². The van der Waals surface area contributed by atoms with E-state index < -0.39 is 5.97 Å². The molecule has 0 aliphatic carbocycles. The zero-order valence-corrected chi connectivity index (χ0v) is 7.06. The van der Waals surface area contributed by atoms with Crippen LogP contribution in [0, 0.1) is 0 Å². The van der Waals surface area contributed by atoms with Gasteiger partial charge in [0.2, 0.25) is 0 Å². The number of carbonyl (C=O) groups is 2. The average molecular weight is 190 g/mol. The van der Waals surface area contributed by atoms with E-state index in [0.29, 0.717) is 17.3 Å². The molecule has 0 atom stereocenters. The van der Waals surface area contributed by atoms with E-state index in [2.05, 4.69) is 0 Å². The van der Waals surface area contributed by atoms with Gasteiger partial charge in [-0.25, -0.2) is 4.79 Å². The highest BCUT2D eigenvalue weighted by Gasteiger charge is 2.18. The van der Waals surface area contributed by atoms with Gasteiger partial charge in [0.1, 0.15) is 11.1 Å². The van der Waals surface area contributed by atoms with Crippen molar-refractivity contribution in [2.75, 3.05) is 0 Å². The van der Waals surface area contributed by atoms with Gasteiger partial charge in [-0.1, -0.05) is 18.2 Å². The van der Waals surface area contributed by atoms with Crippen LogP contribution in [0.1, 0.15) is 20.9 Å². The largest absolute Gasteiger partial charge is 0.478 e. The van der Waals surface area contributed by atoms with E-state index in [9.17, 15) is 9.59 Å². The van der Waals surface area contributed by atoms with Crippen LogP contribution in [0.3, 0.4) is 0 Å². The fraction of sp³-hybridized carbons (Fsp3) is 0. The minimum absolute atomic E-state index is 0.0735. The van der Waals surface area contributed by atoms with Crippen LogP contribution in [0.2, 0.25) is 0 Å². The molecule has 0 saturated heterocycles. The summed E-state index contributed by atoms with van der Waals surface area (Å²) in [5, 5.41) is 9.31. The molecule has 0 fully saturated rings. The number of hydrogen-bond donors (Lipinski definition) is 1. The van der Waals surface area contributed by atoms with Crippen molar-refractivity contribution < 1.29 is 19.1 Å². The number of carboxylic acids is 1. The van der Waals surface area contributed by atoms with Gasteiger partial charge in [0.15, 0.2) is 12.0 Å². The molecule has 14 heavy (non-hydrogen) atoms. The first-order valence-corrected chi connectivity index (χ1v) is 3.94. The average Bonchev–Trinajstić information content (AvgIpc) is 2.55. The summed E-state index contributed by atoms with van der Waals surface area (Å²) in [6.07, 6.45) is 0.406. The monoisotopic (exact) mass is 190 g/mol. The van der Waals surface area contributed by atoms with E-state index in [-0.39, 0.29) is 11.3 Å². The molecule has 4 heteroatoms. The molecule has 2 aromatic rings. The maximum atomic E-state index is 10.8. The Kier molecular flexibility index (Phi) is 1.81. The Morgan fingerprint density at radius 1 is 1.36 bits per heavy atom. The van der Waals surface area contributed by atoms with Crippen LogP contribution in [-0.2, 0) is 0 Å². The fourth-order valence-corrected chi connectivity index (χ4v) is 1.37. The number of carboxylic acid groups (broad SMARTS) is 1. The van der Waals surface area contributed by atoms with E-state index in [0.717, 1.165) is 0 Å². The molecule has 1 aromatic heterocycles. The summed E-state index contributed by atoms with van der Waals surface area (Å²) in [7, 11) is 0. The van der Waals surface area contributed by atoms with Gasteiger partial charge in [0.25, 0.3) is 0 Å². The number of para-hydroxylation sites is 1. The first-order chi connectivity index (χ1) is 6.74. The maximum absolute atomic E-state index is 10.8. The Labute approximate surface area is 78.8 Å². The SMILES string of the molecule is O=Cc1oc2ccccc2c1C(=O)O. The number of hydrogen-bond acceptors (Lipinski definition) is 3. The molecule has 0 bridgehead atoms. The van der Waals surface area contributed by atoms with Crippen molar-refractivity contribution in [3.63, 3.8) is 0 Å².